The van der Waals surface area contributed by atoms with Crippen LogP contribution in [-0.4, -0.2) is 3.21 Å². The number of halogens is 8. The van der Waals surface area contributed by atoms with E-state index in [-0.39, 0.29) is 35.9 Å². The molecular weight excluding hydrogens is 985 g/mol. The predicted molar refractivity (Wildman–Crippen MR) is 258 cm³/mol. The minimum absolute atomic E-state index is 0. The van der Waals surface area contributed by atoms with Crippen LogP contribution in [0.4, 0.5) is 26.3 Å². The van der Waals surface area contributed by atoms with Gasteiger partial charge in [0.15, 0.2) is 0 Å². The molecule has 0 aliphatic heterocycles. The summed E-state index contributed by atoms with van der Waals surface area (Å²) in [6.07, 6.45) is -4.17. The van der Waals surface area contributed by atoms with Crippen molar-refractivity contribution >= 4 is 3.21 Å². The summed E-state index contributed by atoms with van der Waals surface area (Å²) in [4.78, 5) is 0. The second-order valence-electron chi connectivity index (χ2n) is 18.8. The van der Waals surface area contributed by atoms with Crippen molar-refractivity contribution in [3.05, 3.63) is 205 Å². The van der Waals surface area contributed by atoms with E-state index in [4.69, 9.17) is 0 Å². The standard InChI is InChI=1S/C31H29.C15H8F6.C13H21.2ClH.Zr/c1-18-11-20(3)30(21(4)12-18)24-7-9-28-26(15-24)17-27-16-25(8-10-29(27)28)31-22(5)13-19(2)14-23(31)6;16-14(17,18)12-5-1-3-10(8-12)7-11-4-2-6-13(9-11)15(19,20)21;1-5-6-7-11-8-9-12(10-11)13(2,3)4;;;/h7-15H,17H2,1-6H3;1-6,8-9H;8-10H,5-7H2,1-4H3;2*1H;/q-1;;-1;;;+2/p-2. The van der Waals surface area contributed by atoms with Gasteiger partial charge in [-0.2, -0.15) is 23.3 Å². The second kappa shape index (κ2) is 23.0. The van der Waals surface area contributed by atoms with Crippen LogP contribution in [0.3, 0.4) is 0 Å². The minimum Gasteiger partial charge on any atom is -1.00 e. The summed E-state index contributed by atoms with van der Waals surface area (Å²) in [6, 6.07) is 40.5. The Morgan fingerprint density at radius 2 is 1.10 bits per heavy atom. The van der Waals surface area contributed by atoms with Crippen LogP contribution in [0.15, 0.2) is 121 Å². The van der Waals surface area contributed by atoms with Gasteiger partial charge in [0.05, 0.1) is 0 Å². The summed E-state index contributed by atoms with van der Waals surface area (Å²) in [5.41, 5.74) is 20.9. The van der Waals surface area contributed by atoms with Crippen molar-refractivity contribution in [1.29, 1.82) is 0 Å². The van der Waals surface area contributed by atoms with Crippen LogP contribution in [0, 0.1) is 47.6 Å². The van der Waals surface area contributed by atoms with Crippen molar-refractivity contribution in [2.24, 2.45) is 0 Å². The van der Waals surface area contributed by atoms with Gasteiger partial charge in [-0.15, -0.1) is 29.3 Å². The van der Waals surface area contributed by atoms with Gasteiger partial charge in [0.1, 0.15) is 0 Å². The van der Waals surface area contributed by atoms with E-state index in [9.17, 15) is 26.3 Å². The maximum absolute atomic E-state index is 12.7. The number of aryl methyl sites for hydroxylation is 7. The van der Waals surface area contributed by atoms with Crippen LogP contribution in [0.5, 0.6) is 0 Å². The number of benzene rings is 6. The predicted octanol–water partition coefficient (Wildman–Crippen LogP) is 11.1. The molecule has 0 saturated heterocycles. The average molecular weight is 1040 g/mol. The summed E-state index contributed by atoms with van der Waals surface area (Å²) in [6.45, 7) is 22.3. The zero-order valence-corrected chi connectivity index (χ0v) is 44.4. The maximum atomic E-state index is 12.7. The van der Waals surface area contributed by atoms with Gasteiger partial charge in [-0.1, -0.05) is 134 Å². The molecule has 1 aliphatic carbocycles. The van der Waals surface area contributed by atoms with Gasteiger partial charge in [-0.25, -0.2) is 6.07 Å². The number of fused-ring (bicyclic) bond motifs is 3. The molecule has 0 radical (unpaired) electrons. The summed E-state index contributed by atoms with van der Waals surface area (Å²) >= 11 is 0.729. The summed E-state index contributed by atoms with van der Waals surface area (Å²) in [5.74, 6) is 0. The van der Waals surface area contributed by atoms with Gasteiger partial charge >= 0.3 is 137 Å². The van der Waals surface area contributed by atoms with Gasteiger partial charge in [0, 0.05) is 0 Å². The van der Waals surface area contributed by atoms with Gasteiger partial charge < -0.3 is 24.8 Å². The normalized spacial score (nSPS) is 11.8. The smallest absolute Gasteiger partial charge is 1.00 e. The number of alkyl halides is 6. The van der Waals surface area contributed by atoms with E-state index >= 15 is 0 Å². The molecule has 8 rings (SSSR count). The third kappa shape index (κ3) is 13.7. The molecule has 0 unspecified atom stereocenters. The van der Waals surface area contributed by atoms with Crippen LogP contribution in [-0.2, 0) is 54.8 Å². The van der Waals surface area contributed by atoms with Crippen LogP contribution in [0.2, 0.25) is 0 Å². The van der Waals surface area contributed by atoms with Gasteiger partial charge in [-0.3, -0.25) is 0 Å². The molecule has 0 saturated carbocycles. The Balaban J connectivity index is 0.000000239. The third-order valence-electron chi connectivity index (χ3n) is 12.2. The summed E-state index contributed by atoms with van der Waals surface area (Å²) in [5, 5.41) is 0. The molecule has 0 atom stereocenters. The first-order valence-electron chi connectivity index (χ1n) is 22.5. The Bertz CT molecular complexity index is 2660. The topological polar surface area (TPSA) is 0 Å². The Labute approximate surface area is 427 Å². The third-order valence-corrected chi connectivity index (χ3v) is 13.6. The minimum atomic E-state index is -4.49. The van der Waals surface area contributed by atoms with Crippen LogP contribution in [0.1, 0.15) is 118 Å². The van der Waals surface area contributed by atoms with Gasteiger partial charge in [0.2, 0.25) is 0 Å². The monoisotopic (exact) mass is 1040 g/mol. The first-order valence-corrected chi connectivity index (χ1v) is 23.7. The van der Waals surface area contributed by atoms with Crippen molar-refractivity contribution < 1.29 is 75.4 Å². The van der Waals surface area contributed by atoms with E-state index in [0.29, 0.717) is 8.62 Å². The fourth-order valence-corrected chi connectivity index (χ4v) is 9.79. The molecule has 0 aromatic heterocycles. The van der Waals surface area contributed by atoms with E-state index in [1.165, 1.54) is 133 Å². The zero-order valence-electron chi connectivity index (χ0n) is 40.4. The average Bonchev–Trinajstić information content (AvgIpc) is 3.87. The largest absolute Gasteiger partial charge is 1.00 e. The molecule has 0 amide bonds. The molecule has 9 heteroatoms. The van der Waals surface area contributed by atoms with E-state index in [1.807, 2.05) is 0 Å². The number of hydrogen-bond acceptors (Lipinski definition) is 0. The maximum Gasteiger partial charge on any atom is -1.00 e. The fraction of sp³-hybridized carbons (Fsp3) is 0.288. The van der Waals surface area contributed by atoms with Crippen molar-refractivity contribution in [3.63, 3.8) is 0 Å². The molecule has 0 N–H and O–H groups in total. The Morgan fingerprint density at radius 1 is 0.603 bits per heavy atom. The first kappa shape index (κ1) is 56.2. The molecular formula is C59H58Cl2F6Zr-2. The van der Waals surface area contributed by atoms with Crippen molar-refractivity contribution in [2.45, 2.75) is 113 Å². The van der Waals surface area contributed by atoms with Crippen LogP contribution < -0.4 is 24.8 Å². The summed E-state index contributed by atoms with van der Waals surface area (Å²) < 4.78 is 76.7. The van der Waals surface area contributed by atoms with E-state index in [2.05, 4.69) is 148 Å². The first-order chi connectivity index (χ1) is 30.9. The Morgan fingerprint density at radius 3 is 1.57 bits per heavy atom. The molecule has 68 heavy (non-hydrogen) atoms. The number of unbranched alkanes of at least 4 members (excludes halogenated alkanes) is 1. The fourth-order valence-electron chi connectivity index (χ4n) is 9.03. The number of rotatable bonds is 7. The van der Waals surface area contributed by atoms with E-state index in [0.717, 1.165) is 54.9 Å². The van der Waals surface area contributed by atoms with E-state index in [1.54, 1.807) is 0 Å². The molecule has 0 heterocycles. The summed E-state index contributed by atoms with van der Waals surface area (Å²) in [7, 11) is 0. The number of hydrogen-bond donors (Lipinski definition) is 0. The molecule has 7 aromatic rings. The second-order valence-corrected chi connectivity index (χ2v) is 20.0. The van der Waals surface area contributed by atoms with E-state index < -0.39 is 23.5 Å². The molecule has 1 aliphatic rings. The quantitative estimate of drug-likeness (QED) is 0.110. The molecule has 0 bridgehead atoms. The van der Waals surface area contributed by atoms with Crippen molar-refractivity contribution in [2.75, 3.05) is 0 Å². The Kier molecular flexibility index (Phi) is 19.0. The van der Waals surface area contributed by atoms with Crippen LogP contribution in [0.25, 0.3) is 33.4 Å². The van der Waals surface area contributed by atoms with Gasteiger partial charge in [0.25, 0.3) is 0 Å². The zero-order chi connectivity index (χ0) is 48.3. The van der Waals surface area contributed by atoms with Crippen molar-refractivity contribution in [3.8, 4) is 33.4 Å². The molecule has 0 spiro atoms. The SMILES string of the molecule is CCCCc1cc(C(C)(C)C)c[cH-]1.Cc1cc(C)c(-c2[c-]c3c(cc2)-c2ccc(-c4c(C)cc(C)cc4C)cc2C3)c(C)c1.FC(F)(F)c1cccc([C](=[Zr+2])c2cccc(C(F)(F)F)c2)c1.[Cl-].[Cl-]. The van der Waals surface area contributed by atoms with Crippen molar-refractivity contribution in [1.82, 2.24) is 0 Å². The Hall–Kier alpha value is -4.42. The molecule has 0 fully saturated rings. The van der Waals surface area contributed by atoms with Crippen LogP contribution >= 0.6 is 0 Å². The molecule has 0 nitrogen and oxygen atoms in total. The molecule has 356 valence electrons. The molecule has 7 aromatic carbocycles. The van der Waals surface area contributed by atoms with Gasteiger partial charge in [-0.05, 0) is 75.8 Å².